The van der Waals surface area contributed by atoms with E-state index in [1.165, 1.54) is 10.8 Å². The molecule has 18 heavy (non-hydrogen) atoms. The number of anilines is 1. The molecule has 1 N–H and O–H groups in total. The zero-order valence-corrected chi connectivity index (χ0v) is 10.9. The van der Waals surface area contributed by atoms with Gasteiger partial charge in [-0.25, -0.2) is 0 Å². The highest BCUT2D eigenvalue weighted by molar-refractivity contribution is 5.87. The maximum Gasteiger partial charge on any atom is 0.120 e. The fourth-order valence-corrected chi connectivity index (χ4v) is 1.89. The van der Waals surface area contributed by atoms with Crippen LogP contribution in [0.4, 0.5) is 5.69 Å². The van der Waals surface area contributed by atoms with Crippen molar-refractivity contribution in [2.45, 2.75) is 19.9 Å². The van der Waals surface area contributed by atoms with Gasteiger partial charge in [0.15, 0.2) is 0 Å². The second-order valence-electron chi connectivity index (χ2n) is 4.62. The average molecular weight is 241 g/mol. The van der Waals surface area contributed by atoms with Gasteiger partial charge in [0.2, 0.25) is 0 Å². The largest absolute Gasteiger partial charge is 0.490 e. The van der Waals surface area contributed by atoms with Crippen LogP contribution in [0.15, 0.2) is 49.1 Å². The van der Waals surface area contributed by atoms with Gasteiger partial charge in [-0.3, -0.25) is 0 Å². The van der Waals surface area contributed by atoms with Gasteiger partial charge in [-0.2, -0.15) is 0 Å². The lowest BCUT2D eigenvalue weighted by Gasteiger charge is -2.11. The Balaban J connectivity index is 2.30. The van der Waals surface area contributed by atoms with E-state index < -0.39 is 0 Å². The number of benzene rings is 2. The molecule has 0 unspecified atom stereocenters. The van der Waals surface area contributed by atoms with E-state index in [1.54, 1.807) is 6.08 Å². The molecule has 2 aromatic rings. The Morgan fingerprint density at radius 2 is 1.94 bits per heavy atom. The zero-order valence-electron chi connectivity index (χ0n) is 10.9. The lowest BCUT2D eigenvalue weighted by molar-refractivity contribution is 0.364. The fourth-order valence-electron chi connectivity index (χ4n) is 1.89. The minimum atomic E-state index is 0.433. The van der Waals surface area contributed by atoms with Crippen molar-refractivity contribution >= 4 is 16.5 Å². The van der Waals surface area contributed by atoms with Gasteiger partial charge in [-0.15, -0.1) is 0 Å². The van der Waals surface area contributed by atoms with E-state index in [0.29, 0.717) is 12.6 Å². The summed E-state index contributed by atoms with van der Waals surface area (Å²) < 4.78 is 5.55. The first kappa shape index (κ1) is 12.5. The van der Waals surface area contributed by atoms with Gasteiger partial charge in [-0.1, -0.05) is 24.8 Å². The van der Waals surface area contributed by atoms with Crippen molar-refractivity contribution < 1.29 is 4.74 Å². The van der Waals surface area contributed by atoms with Gasteiger partial charge in [0, 0.05) is 11.7 Å². The molecule has 0 atom stereocenters. The Kier molecular flexibility index (Phi) is 3.88. The predicted molar refractivity (Wildman–Crippen MR) is 78.4 cm³/mol. The van der Waals surface area contributed by atoms with Crippen molar-refractivity contribution in [1.82, 2.24) is 0 Å². The first-order valence-electron chi connectivity index (χ1n) is 6.23. The molecule has 0 saturated carbocycles. The number of hydrogen-bond donors (Lipinski definition) is 1. The second kappa shape index (κ2) is 5.58. The number of hydrogen-bond acceptors (Lipinski definition) is 2. The van der Waals surface area contributed by atoms with Gasteiger partial charge in [0.25, 0.3) is 0 Å². The van der Waals surface area contributed by atoms with E-state index in [4.69, 9.17) is 4.74 Å². The molecule has 0 spiro atoms. The average Bonchev–Trinajstić information content (AvgIpc) is 2.35. The van der Waals surface area contributed by atoms with Crippen molar-refractivity contribution in [1.29, 1.82) is 0 Å². The zero-order chi connectivity index (χ0) is 13.0. The van der Waals surface area contributed by atoms with Crippen molar-refractivity contribution in [3.05, 3.63) is 49.1 Å². The Morgan fingerprint density at radius 3 is 2.67 bits per heavy atom. The standard InChI is InChI=1S/C16H19NO/c1-4-9-18-16-8-6-13-5-7-15(17-12(2)3)10-14(13)11-16/h4-8,10-12,17H,1,9H2,2-3H3. The molecule has 94 valence electrons. The molecular weight excluding hydrogens is 222 g/mol. The topological polar surface area (TPSA) is 21.3 Å². The Hall–Kier alpha value is -1.96. The molecule has 0 aromatic heterocycles. The lowest BCUT2D eigenvalue weighted by atomic mass is 10.1. The number of fused-ring (bicyclic) bond motifs is 1. The molecule has 2 nitrogen and oxygen atoms in total. The monoisotopic (exact) mass is 241 g/mol. The summed E-state index contributed by atoms with van der Waals surface area (Å²) in [6, 6.07) is 12.9. The van der Waals surface area contributed by atoms with Gasteiger partial charge >= 0.3 is 0 Å². The Bertz CT molecular complexity index is 546. The summed E-state index contributed by atoms with van der Waals surface area (Å²) in [5.74, 6) is 0.879. The molecule has 0 aliphatic heterocycles. The molecule has 2 rings (SSSR count). The third-order valence-electron chi connectivity index (χ3n) is 2.63. The van der Waals surface area contributed by atoms with Gasteiger partial charge in [0.1, 0.15) is 12.4 Å². The quantitative estimate of drug-likeness (QED) is 0.791. The van der Waals surface area contributed by atoms with Crippen LogP contribution in [0, 0.1) is 0 Å². The highest BCUT2D eigenvalue weighted by Gasteiger charge is 2.00. The fraction of sp³-hybridized carbons (Fsp3) is 0.250. The van der Waals surface area contributed by atoms with E-state index >= 15 is 0 Å². The van der Waals surface area contributed by atoms with Crippen LogP contribution in [0.25, 0.3) is 10.8 Å². The second-order valence-corrected chi connectivity index (χ2v) is 4.62. The maximum atomic E-state index is 5.55. The van der Waals surface area contributed by atoms with Crippen LogP contribution < -0.4 is 10.1 Å². The van der Waals surface area contributed by atoms with E-state index in [2.05, 4.69) is 56.1 Å². The SMILES string of the molecule is C=CCOc1ccc2ccc(NC(C)C)cc2c1. The minimum Gasteiger partial charge on any atom is -0.490 e. The van der Waals surface area contributed by atoms with Crippen molar-refractivity contribution in [2.24, 2.45) is 0 Å². The van der Waals surface area contributed by atoms with E-state index in [9.17, 15) is 0 Å². The highest BCUT2D eigenvalue weighted by Crippen LogP contribution is 2.24. The summed E-state index contributed by atoms with van der Waals surface area (Å²) >= 11 is 0. The molecule has 0 bridgehead atoms. The molecule has 0 aliphatic rings. The van der Waals surface area contributed by atoms with Crippen LogP contribution in [0.1, 0.15) is 13.8 Å². The van der Waals surface area contributed by atoms with Crippen LogP contribution in [-0.2, 0) is 0 Å². The molecule has 0 heterocycles. The van der Waals surface area contributed by atoms with Crippen LogP contribution in [0.5, 0.6) is 5.75 Å². The van der Waals surface area contributed by atoms with E-state index in [0.717, 1.165) is 11.4 Å². The Morgan fingerprint density at radius 1 is 1.17 bits per heavy atom. The van der Waals surface area contributed by atoms with Crippen LogP contribution in [-0.4, -0.2) is 12.6 Å². The van der Waals surface area contributed by atoms with Crippen molar-refractivity contribution in [3.63, 3.8) is 0 Å². The number of ether oxygens (including phenoxy) is 1. The van der Waals surface area contributed by atoms with Crippen LogP contribution >= 0.6 is 0 Å². The lowest BCUT2D eigenvalue weighted by Crippen LogP contribution is -2.09. The normalized spacial score (nSPS) is 10.6. The first-order chi connectivity index (χ1) is 8.69. The summed E-state index contributed by atoms with van der Waals surface area (Å²) in [6.07, 6.45) is 1.75. The smallest absolute Gasteiger partial charge is 0.120 e. The summed E-state index contributed by atoms with van der Waals surface area (Å²) in [4.78, 5) is 0. The molecular formula is C16H19NO. The molecule has 0 amide bonds. The molecule has 2 aromatic carbocycles. The summed E-state index contributed by atoms with van der Waals surface area (Å²) in [5, 5.41) is 5.80. The van der Waals surface area contributed by atoms with Crippen molar-refractivity contribution in [2.75, 3.05) is 11.9 Å². The van der Waals surface area contributed by atoms with Crippen molar-refractivity contribution in [3.8, 4) is 5.75 Å². The summed E-state index contributed by atoms with van der Waals surface area (Å²) in [5.41, 5.74) is 1.14. The molecule has 0 radical (unpaired) electrons. The van der Waals surface area contributed by atoms with Gasteiger partial charge in [0.05, 0.1) is 0 Å². The van der Waals surface area contributed by atoms with Gasteiger partial charge < -0.3 is 10.1 Å². The molecule has 0 fully saturated rings. The number of nitrogens with one attached hydrogen (secondary N) is 1. The van der Waals surface area contributed by atoms with Gasteiger partial charge in [-0.05, 0) is 48.9 Å². The van der Waals surface area contributed by atoms with Crippen LogP contribution in [0.3, 0.4) is 0 Å². The van der Waals surface area contributed by atoms with Crippen LogP contribution in [0.2, 0.25) is 0 Å². The predicted octanol–water partition coefficient (Wildman–Crippen LogP) is 4.22. The number of rotatable bonds is 5. The molecule has 2 heteroatoms. The third-order valence-corrected chi connectivity index (χ3v) is 2.63. The van der Waals surface area contributed by atoms with E-state index in [-0.39, 0.29) is 0 Å². The minimum absolute atomic E-state index is 0.433. The summed E-state index contributed by atoms with van der Waals surface area (Å²) in [7, 11) is 0. The molecule has 0 aliphatic carbocycles. The summed E-state index contributed by atoms with van der Waals surface area (Å²) in [6.45, 7) is 8.45. The molecule has 0 saturated heterocycles. The third kappa shape index (κ3) is 3.04. The Labute approximate surface area is 108 Å². The van der Waals surface area contributed by atoms with E-state index in [1.807, 2.05) is 6.07 Å². The first-order valence-corrected chi connectivity index (χ1v) is 6.23. The maximum absolute atomic E-state index is 5.55. The highest BCUT2D eigenvalue weighted by atomic mass is 16.5.